The number of aliphatic hydroxyl groups excluding tert-OH is 1. The third kappa shape index (κ3) is 3.27. The monoisotopic (exact) mass is 279 g/mol. The Morgan fingerprint density at radius 3 is 2.60 bits per heavy atom. The zero-order valence-electron chi connectivity index (χ0n) is 11.2. The van der Waals surface area contributed by atoms with Gasteiger partial charge in [-0.15, -0.1) is 0 Å². The van der Waals surface area contributed by atoms with Crippen LogP contribution < -0.4 is 4.74 Å². The molecule has 1 aliphatic rings. The van der Waals surface area contributed by atoms with Crippen molar-refractivity contribution in [1.82, 2.24) is 4.90 Å². The Balaban J connectivity index is 1.94. The molecular formula is C14H17NO5. The summed E-state index contributed by atoms with van der Waals surface area (Å²) in [6, 6.07) is 6.24. The van der Waals surface area contributed by atoms with Crippen molar-refractivity contribution in [2.75, 3.05) is 13.2 Å². The maximum Gasteiger partial charge on any atom is 0.326 e. The molecule has 0 aliphatic carbocycles. The summed E-state index contributed by atoms with van der Waals surface area (Å²) < 4.78 is 5.33. The van der Waals surface area contributed by atoms with Gasteiger partial charge in [-0.2, -0.15) is 0 Å². The number of carboxylic acids is 1. The quantitative estimate of drug-likeness (QED) is 0.834. The molecule has 0 unspecified atom stereocenters. The van der Waals surface area contributed by atoms with Gasteiger partial charge in [0.15, 0.2) is 6.61 Å². The van der Waals surface area contributed by atoms with Gasteiger partial charge in [0.1, 0.15) is 11.8 Å². The van der Waals surface area contributed by atoms with Gasteiger partial charge in [0.05, 0.1) is 6.10 Å². The molecule has 2 rings (SSSR count). The number of rotatable bonds is 4. The van der Waals surface area contributed by atoms with Crippen LogP contribution in [-0.4, -0.2) is 52.3 Å². The summed E-state index contributed by atoms with van der Waals surface area (Å²) in [4.78, 5) is 24.2. The first-order valence-electron chi connectivity index (χ1n) is 6.37. The number of ether oxygens (including phenoxy) is 1. The van der Waals surface area contributed by atoms with E-state index in [-0.39, 0.29) is 19.6 Å². The number of carbonyl (C=O) groups excluding carboxylic acids is 1. The number of hydrogen-bond acceptors (Lipinski definition) is 4. The Labute approximate surface area is 116 Å². The summed E-state index contributed by atoms with van der Waals surface area (Å²) in [6.07, 6.45) is -0.731. The summed E-state index contributed by atoms with van der Waals surface area (Å²) in [5, 5.41) is 18.5. The standard InChI is InChI=1S/C14H17NO5/c1-9-2-4-11(5-3-9)20-8-13(17)15-7-10(16)6-12(15)14(18)19/h2-5,10,12,16H,6-8H2,1H3,(H,18,19)/t10-,12+/m1/s1. The number of carbonyl (C=O) groups is 2. The minimum atomic E-state index is -1.11. The van der Waals surface area contributed by atoms with Gasteiger partial charge >= 0.3 is 5.97 Å². The van der Waals surface area contributed by atoms with E-state index in [0.717, 1.165) is 10.5 Å². The molecule has 108 valence electrons. The normalized spacial score (nSPS) is 21.8. The zero-order valence-corrected chi connectivity index (χ0v) is 11.2. The maximum absolute atomic E-state index is 12.0. The fourth-order valence-electron chi connectivity index (χ4n) is 2.19. The van der Waals surface area contributed by atoms with Crippen molar-refractivity contribution >= 4 is 11.9 Å². The highest BCUT2D eigenvalue weighted by Crippen LogP contribution is 2.19. The highest BCUT2D eigenvalue weighted by atomic mass is 16.5. The molecule has 1 heterocycles. The number of aliphatic hydroxyl groups is 1. The lowest BCUT2D eigenvalue weighted by molar-refractivity contribution is -0.148. The third-order valence-electron chi connectivity index (χ3n) is 3.27. The van der Waals surface area contributed by atoms with Crippen molar-refractivity contribution < 1.29 is 24.5 Å². The maximum atomic E-state index is 12.0. The SMILES string of the molecule is Cc1ccc(OCC(=O)N2C[C@H](O)C[C@H]2C(=O)O)cc1. The molecule has 1 fully saturated rings. The minimum absolute atomic E-state index is 0.0348. The Kier molecular flexibility index (Phi) is 4.24. The van der Waals surface area contributed by atoms with Crippen molar-refractivity contribution in [3.05, 3.63) is 29.8 Å². The van der Waals surface area contributed by atoms with Crippen molar-refractivity contribution in [1.29, 1.82) is 0 Å². The summed E-state index contributed by atoms with van der Waals surface area (Å²) in [7, 11) is 0. The molecule has 6 heteroatoms. The molecule has 0 aromatic heterocycles. The largest absolute Gasteiger partial charge is 0.484 e. The lowest BCUT2D eigenvalue weighted by Gasteiger charge is -2.21. The van der Waals surface area contributed by atoms with Crippen molar-refractivity contribution in [2.24, 2.45) is 0 Å². The van der Waals surface area contributed by atoms with Gasteiger partial charge in [-0.25, -0.2) is 4.79 Å². The molecular weight excluding hydrogens is 262 g/mol. The molecule has 1 amide bonds. The predicted octanol–water partition coefficient (Wildman–Crippen LogP) is 0.420. The van der Waals surface area contributed by atoms with E-state index in [4.69, 9.17) is 9.84 Å². The second-order valence-corrected chi connectivity index (χ2v) is 4.89. The molecule has 0 spiro atoms. The predicted molar refractivity (Wildman–Crippen MR) is 70.4 cm³/mol. The summed E-state index contributed by atoms with van der Waals surface area (Å²) in [5.41, 5.74) is 1.08. The molecule has 0 radical (unpaired) electrons. The molecule has 6 nitrogen and oxygen atoms in total. The fraction of sp³-hybridized carbons (Fsp3) is 0.429. The van der Waals surface area contributed by atoms with Crippen LogP contribution >= 0.6 is 0 Å². The Bertz CT molecular complexity index is 499. The first kappa shape index (κ1) is 14.3. The van der Waals surface area contributed by atoms with Crippen LogP contribution in [0.5, 0.6) is 5.75 Å². The number of nitrogens with zero attached hydrogens (tertiary/aromatic N) is 1. The van der Waals surface area contributed by atoms with Crippen molar-refractivity contribution in [2.45, 2.75) is 25.5 Å². The van der Waals surface area contributed by atoms with Gasteiger partial charge in [0, 0.05) is 13.0 Å². The summed E-state index contributed by atoms with van der Waals surface area (Å²) in [6.45, 7) is 1.74. The van der Waals surface area contributed by atoms with E-state index in [1.807, 2.05) is 19.1 Å². The van der Waals surface area contributed by atoms with Crippen LogP contribution in [0.4, 0.5) is 0 Å². The smallest absolute Gasteiger partial charge is 0.326 e. The highest BCUT2D eigenvalue weighted by Gasteiger charge is 2.38. The molecule has 1 saturated heterocycles. The fourth-order valence-corrected chi connectivity index (χ4v) is 2.19. The van der Waals surface area contributed by atoms with Crippen LogP contribution in [0.1, 0.15) is 12.0 Å². The van der Waals surface area contributed by atoms with Gasteiger partial charge in [-0.1, -0.05) is 17.7 Å². The molecule has 1 aromatic carbocycles. The van der Waals surface area contributed by atoms with Crippen LogP contribution in [0.3, 0.4) is 0 Å². The number of likely N-dealkylation sites (tertiary alicyclic amines) is 1. The molecule has 2 atom stereocenters. The number of aryl methyl sites for hydroxylation is 1. The molecule has 1 aromatic rings. The first-order valence-corrected chi connectivity index (χ1v) is 6.37. The average molecular weight is 279 g/mol. The number of carboxylic acid groups (broad SMARTS) is 1. The lowest BCUT2D eigenvalue weighted by atomic mass is 10.2. The van der Waals surface area contributed by atoms with E-state index in [1.54, 1.807) is 12.1 Å². The molecule has 0 bridgehead atoms. The van der Waals surface area contributed by atoms with Crippen LogP contribution in [0.25, 0.3) is 0 Å². The number of benzene rings is 1. The van der Waals surface area contributed by atoms with Crippen LogP contribution in [0.2, 0.25) is 0 Å². The van der Waals surface area contributed by atoms with Gasteiger partial charge in [0.25, 0.3) is 5.91 Å². The second-order valence-electron chi connectivity index (χ2n) is 4.89. The van der Waals surface area contributed by atoms with Crippen LogP contribution in [-0.2, 0) is 9.59 Å². The number of hydrogen-bond donors (Lipinski definition) is 2. The Morgan fingerprint density at radius 2 is 2.00 bits per heavy atom. The van der Waals surface area contributed by atoms with Gasteiger partial charge < -0.3 is 19.8 Å². The van der Waals surface area contributed by atoms with Crippen molar-refractivity contribution in [3.8, 4) is 5.75 Å². The third-order valence-corrected chi connectivity index (χ3v) is 3.27. The molecule has 20 heavy (non-hydrogen) atoms. The first-order chi connectivity index (χ1) is 9.47. The van der Waals surface area contributed by atoms with Crippen LogP contribution in [0, 0.1) is 6.92 Å². The van der Waals surface area contributed by atoms with E-state index >= 15 is 0 Å². The number of amides is 1. The second kappa shape index (κ2) is 5.92. The van der Waals surface area contributed by atoms with E-state index in [0.29, 0.717) is 5.75 Å². The number of aliphatic carboxylic acids is 1. The van der Waals surface area contributed by atoms with E-state index < -0.39 is 24.0 Å². The van der Waals surface area contributed by atoms with Crippen LogP contribution in [0.15, 0.2) is 24.3 Å². The molecule has 2 N–H and O–H groups in total. The summed E-state index contributed by atoms with van der Waals surface area (Å²) in [5.74, 6) is -0.990. The van der Waals surface area contributed by atoms with E-state index in [2.05, 4.69) is 0 Å². The Hall–Kier alpha value is -2.08. The van der Waals surface area contributed by atoms with Gasteiger partial charge in [-0.05, 0) is 19.1 Å². The topological polar surface area (TPSA) is 87.1 Å². The van der Waals surface area contributed by atoms with Gasteiger partial charge in [-0.3, -0.25) is 4.79 Å². The molecule has 1 aliphatic heterocycles. The highest BCUT2D eigenvalue weighted by molar-refractivity contribution is 5.85. The van der Waals surface area contributed by atoms with E-state index in [1.165, 1.54) is 0 Å². The van der Waals surface area contributed by atoms with E-state index in [9.17, 15) is 14.7 Å². The Morgan fingerprint density at radius 1 is 1.35 bits per heavy atom. The zero-order chi connectivity index (χ0) is 14.7. The average Bonchev–Trinajstić information content (AvgIpc) is 2.80. The minimum Gasteiger partial charge on any atom is -0.484 e. The summed E-state index contributed by atoms with van der Waals surface area (Å²) >= 11 is 0. The molecule has 0 saturated carbocycles. The number of β-amino-alcohol motifs (C(OH)–C–C–N with tert-alkyl or cyclic N) is 1. The lowest BCUT2D eigenvalue weighted by Crippen LogP contribution is -2.42. The van der Waals surface area contributed by atoms with Crippen molar-refractivity contribution in [3.63, 3.8) is 0 Å². The van der Waals surface area contributed by atoms with Gasteiger partial charge in [0.2, 0.25) is 0 Å².